The Morgan fingerprint density at radius 2 is 1.82 bits per heavy atom. The number of aromatic nitrogens is 2. The van der Waals surface area contributed by atoms with Crippen LogP contribution in [0.2, 0.25) is 0 Å². The molecule has 1 unspecified atom stereocenters. The van der Waals surface area contributed by atoms with Gasteiger partial charge in [-0.1, -0.05) is 55.1 Å². The number of rotatable bonds is 8. The van der Waals surface area contributed by atoms with Crippen molar-refractivity contribution in [3.05, 3.63) is 72.5 Å². The zero-order valence-electron chi connectivity index (χ0n) is 19.3. The summed E-state index contributed by atoms with van der Waals surface area (Å²) >= 11 is 1.34. The number of fused-ring (bicyclic) bond motifs is 1. The molecule has 2 amide bonds. The van der Waals surface area contributed by atoms with Crippen LogP contribution in [0.25, 0.3) is 22.5 Å². The van der Waals surface area contributed by atoms with Crippen LogP contribution in [0.5, 0.6) is 0 Å². The zero-order chi connectivity index (χ0) is 24.1. The van der Waals surface area contributed by atoms with Crippen molar-refractivity contribution in [2.75, 3.05) is 18.9 Å². The third-order valence-electron chi connectivity index (χ3n) is 5.38. The van der Waals surface area contributed by atoms with Gasteiger partial charge in [0, 0.05) is 18.1 Å². The average molecular weight is 475 g/mol. The highest BCUT2D eigenvalue weighted by Gasteiger charge is 2.23. The molecule has 7 nitrogen and oxygen atoms in total. The summed E-state index contributed by atoms with van der Waals surface area (Å²) in [5.41, 5.74) is 2.60. The van der Waals surface area contributed by atoms with Crippen LogP contribution in [-0.2, 0) is 16.0 Å². The van der Waals surface area contributed by atoms with Gasteiger partial charge in [-0.3, -0.25) is 9.59 Å². The van der Waals surface area contributed by atoms with Crippen LogP contribution < -0.4 is 5.32 Å². The van der Waals surface area contributed by atoms with Crippen molar-refractivity contribution < 1.29 is 14.0 Å². The first-order valence-electron chi connectivity index (χ1n) is 11.1. The summed E-state index contributed by atoms with van der Waals surface area (Å²) in [6.07, 6.45) is 2.39. The van der Waals surface area contributed by atoms with Crippen molar-refractivity contribution in [1.29, 1.82) is 0 Å². The van der Waals surface area contributed by atoms with E-state index in [1.165, 1.54) is 16.7 Å². The van der Waals surface area contributed by atoms with Crippen LogP contribution in [0, 0.1) is 0 Å². The smallest absolute Gasteiger partial charge is 0.243 e. The Hall–Kier alpha value is -3.65. The second-order valence-electron chi connectivity index (χ2n) is 7.86. The molecule has 0 aliphatic heterocycles. The van der Waals surface area contributed by atoms with Crippen molar-refractivity contribution in [2.24, 2.45) is 0 Å². The largest absolute Gasteiger partial charge is 0.461 e. The van der Waals surface area contributed by atoms with Crippen LogP contribution in [0.15, 0.2) is 76.4 Å². The summed E-state index contributed by atoms with van der Waals surface area (Å²) in [5, 5.41) is 4.01. The number of hydrogen-bond donors (Lipinski definition) is 1. The highest BCUT2D eigenvalue weighted by atomic mass is 32.2. The summed E-state index contributed by atoms with van der Waals surface area (Å²) in [7, 11) is 1.64. The number of nitrogens with zero attached hydrogens (tertiary/aromatic N) is 3. The minimum absolute atomic E-state index is 0.0377. The molecule has 0 bridgehead atoms. The van der Waals surface area contributed by atoms with E-state index in [9.17, 15) is 9.59 Å². The molecular formula is C26H26N4O3S. The molecule has 34 heavy (non-hydrogen) atoms. The SMILES string of the molecule is CCc1ccccc1NC(=O)CN(C)C(=O)C(C)Sc1nc(-c2ccco2)nc2ccccc12. The van der Waals surface area contributed by atoms with Gasteiger partial charge in [-0.25, -0.2) is 9.97 Å². The minimum Gasteiger partial charge on any atom is -0.461 e. The molecule has 1 atom stereocenters. The summed E-state index contributed by atoms with van der Waals surface area (Å²) < 4.78 is 5.47. The van der Waals surface area contributed by atoms with Crippen LogP contribution in [-0.4, -0.2) is 45.5 Å². The Kier molecular flexibility index (Phi) is 7.27. The van der Waals surface area contributed by atoms with Crippen LogP contribution in [0.1, 0.15) is 19.4 Å². The van der Waals surface area contributed by atoms with E-state index in [0.29, 0.717) is 16.6 Å². The maximum Gasteiger partial charge on any atom is 0.243 e. The number of para-hydroxylation sites is 2. The molecule has 174 valence electrons. The first-order valence-corrected chi connectivity index (χ1v) is 11.9. The first kappa shape index (κ1) is 23.5. The lowest BCUT2D eigenvalue weighted by Crippen LogP contribution is -2.39. The van der Waals surface area contributed by atoms with E-state index in [1.54, 1.807) is 25.4 Å². The predicted molar refractivity (Wildman–Crippen MR) is 135 cm³/mol. The lowest BCUT2D eigenvalue weighted by Gasteiger charge is -2.21. The number of furan rings is 1. The molecule has 0 aliphatic rings. The molecule has 0 saturated carbocycles. The fraction of sp³-hybridized carbons (Fsp3) is 0.231. The number of hydrogen-bond acceptors (Lipinski definition) is 6. The van der Waals surface area contributed by atoms with E-state index in [0.717, 1.165) is 28.6 Å². The molecule has 8 heteroatoms. The Morgan fingerprint density at radius 1 is 1.06 bits per heavy atom. The number of aryl methyl sites for hydroxylation is 1. The van der Waals surface area contributed by atoms with E-state index < -0.39 is 5.25 Å². The van der Waals surface area contributed by atoms with Gasteiger partial charge in [0.1, 0.15) is 5.03 Å². The number of carbonyl (C=O) groups excluding carboxylic acids is 2. The second-order valence-corrected chi connectivity index (χ2v) is 9.19. The van der Waals surface area contributed by atoms with E-state index in [1.807, 2.05) is 62.4 Å². The molecule has 0 fully saturated rings. The van der Waals surface area contributed by atoms with Gasteiger partial charge in [-0.2, -0.15) is 0 Å². The van der Waals surface area contributed by atoms with Gasteiger partial charge in [-0.05, 0) is 43.2 Å². The number of nitrogens with one attached hydrogen (secondary N) is 1. The number of benzene rings is 2. The second kappa shape index (κ2) is 10.5. The Bertz CT molecular complexity index is 1310. The van der Waals surface area contributed by atoms with Gasteiger partial charge in [0.05, 0.1) is 23.6 Å². The first-order chi connectivity index (χ1) is 16.5. The van der Waals surface area contributed by atoms with Crippen molar-refractivity contribution in [3.63, 3.8) is 0 Å². The average Bonchev–Trinajstić information content (AvgIpc) is 3.39. The Morgan fingerprint density at radius 3 is 2.59 bits per heavy atom. The summed E-state index contributed by atoms with van der Waals surface area (Å²) in [5.74, 6) is 0.633. The van der Waals surface area contributed by atoms with Crippen LogP contribution in [0.4, 0.5) is 5.69 Å². The van der Waals surface area contributed by atoms with E-state index in [4.69, 9.17) is 4.42 Å². The summed E-state index contributed by atoms with van der Waals surface area (Å²) in [4.78, 5) is 36.4. The van der Waals surface area contributed by atoms with Crippen molar-refractivity contribution in [1.82, 2.24) is 14.9 Å². The van der Waals surface area contributed by atoms with Crippen LogP contribution >= 0.6 is 11.8 Å². The molecule has 0 radical (unpaired) electrons. The minimum atomic E-state index is -0.455. The lowest BCUT2D eigenvalue weighted by molar-refractivity contribution is -0.132. The topological polar surface area (TPSA) is 88.3 Å². The highest BCUT2D eigenvalue weighted by molar-refractivity contribution is 8.00. The Labute approximate surface area is 202 Å². The summed E-state index contributed by atoms with van der Waals surface area (Å²) in [6, 6.07) is 18.9. The monoisotopic (exact) mass is 474 g/mol. The van der Waals surface area contributed by atoms with Gasteiger partial charge < -0.3 is 14.6 Å². The Balaban J connectivity index is 1.47. The van der Waals surface area contributed by atoms with E-state index in [-0.39, 0.29) is 18.4 Å². The summed E-state index contributed by atoms with van der Waals surface area (Å²) in [6.45, 7) is 3.81. The fourth-order valence-corrected chi connectivity index (χ4v) is 4.67. The van der Waals surface area contributed by atoms with E-state index >= 15 is 0 Å². The van der Waals surface area contributed by atoms with Gasteiger partial charge >= 0.3 is 0 Å². The maximum atomic E-state index is 13.1. The van der Waals surface area contributed by atoms with Gasteiger partial charge in [0.15, 0.2) is 11.6 Å². The maximum absolute atomic E-state index is 13.1. The number of anilines is 1. The van der Waals surface area contributed by atoms with Crippen LogP contribution in [0.3, 0.4) is 0 Å². The molecule has 1 N–H and O–H groups in total. The lowest BCUT2D eigenvalue weighted by atomic mass is 10.1. The normalized spacial score (nSPS) is 11.9. The molecule has 2 heterocycles. The van der Waals surface area contributed by atoms with Crippen molar-refractivity contribution >= 4 is 40.2 Å². The third-order valence-corrected chi connectivity index (χ3v) is 6.46. The zero-order valence-corrected chi connectivity index (χ0v) is 20.1. The third kappa shape index (κ3) is 5.28. The number of likely N-dealkylation sites (N-methyl/N-ethyl adjacent to an activating group) is 1. The molecule has 4 aromatic rings. The quantitative estimate of drug-likeness (QED) is 0.285. The standard InChI is InChI=1S/C26H26N4O3S/c1-4-18-10-5-7-12-20(18)27-23(31)16-30(3)26(32)17(2)34-25-19-11-6-8-13-21(19)28-24(29-25)22-14-9-15-33-22/h5-15,17H,4,16H2,1-3H3,(H,27,31). The van der Waals surface area contributed by atoms with Gasteiger partial charge in [0.2, 0.25) is 11.8 Å². The molecule has 0 aliphatic carbocycles. The number of thioether (sulfide) groups is 1. The molecular weight excluding hydrogens is 448 g/mol. The van der Waals surface area contributed by atoms with Gasteiger partial charge in [-0.15, -0.1) is 0 Å². The fourth-order valence-electron chi connectivity index (χ4n) is 3.62. The number of carbonyl (C=O) groups is 2. The molecule has 4 rings (SSSR count). The van der Waals surface area contributed by atoms with E-state index in [2.05, 4.69) is 15.3 Å². The highest BCUT2D eigenvalue weighted by Crippen LogP contribution is 2.31. The van der Waals surface area contributed by atoms with Gasteiger partial charge in [0.25, 0.3) is 0 Å². The van der Waals surface area contributed by atoms with Crippen molar-refractivity contribution in [2.45, 2.75) is 30.5 Å². The predicted octanol–water partition coefficient (Wildman–Crippen LogP) is 5.03. The van der Waals surface area contributed by atoms with Crippen molar-refractivity contribution in [3.8, 4) is 11.6 Å². The molecule has 2 aromatic carbocycles. The molecule has 0 saturated heterocycles. The molecule has 2 aromatic heterocycles. The number of amides is 2. The molecule has 0 spiro atoms.